The van der Waals surface area contributed by atoms with Crippen LogP contribution in [0.5, 0.6) is 0 Å². The fraction of sp³-hybridized carbons (Fsp3) is 0.562. The van der Waals surface area contributed by atoms with Gasteiger partial charge < -0.3 is 10.4 Å². The number of carbonyl (C=O) groups excluding carboxylic acids is 1. The zero-order chi connectivity index (χ0) is 17.0. The van der Waals surface area contributed by atoms with Crippen molar-refractivity contribution in [1.29, 1.82) is 0 Å². The first-order valence-electron chi connectivity index (χ1n) is 7.82. The van der Waals surface area contributed by atoms with Crippen LogP contribution in [0.25, 0.3) is 0 Å². The smallest absolute Gasteiger partial charge is 0.292 e. The van der Waals surface area contributed by atoms with Crippen LogP contribution >= 0.6 is 0 Å². The number of nitrogens with zero attached hydrogens (tertiary/aromatic N) is 2. The molecule has 0 heterocycles. The molecule has 1 aromatic rings. The van der Waals surface area contributed by atoms with Gasteiger partial charge in [-0.05, 0) is 38.8 Å². The Balaban J connectivity index is 1.98. The lowest BCUT2D eigenvalue weighted by atomic mass is 10.0. The standard InChI is InChI=1S/C16H23N3O4/c1-11(18(2)10-12-6-5-9-15(12)20)16(21)17-13-7-3-4-8-14(13)19(22)23/h3-4,7-8,11-12,15,20H,5-6,9-10H2,1-2H3,(H,17,21). The summed E-state index contributed by atoms with van der Waals surface area (Å²) in [5.41, 5.74) is 0.0746. The van der Waals surface area contributed by atoms with Crippen LogP contribution in [-0.4, -0.2) is 46.6 Å². The molecule has 2 N–H and O–H groups in total. The Morgan fingerprint density at radius 1 is 1.48 bits per heavy atom. The summed E-state index contributed by atoms with van der Waals surface area (Å²) in [6.45, 7) is 2.39. The molecule has 7 nitrogen and oxygen atoms in total. The van der Waals surface area contributed by atoms with E-state index in [1.807, 2.05) is 11.9 Å². The van der Waals surface area contributed by atoms with Crippen molar-refractivity contribution in [2.75, 3.05) is 18.9 Å². The second-order valence-electron chi connectivity index (χ2n) is 6.14. The van der Waals surface area contributed by atoms with Crippen LogP contribution in [-0.2, 0) is 4.79 Å². The molecule has 1 saturated carbocycles. The number of aliphatic hydroxyl groups excluding tert-OH is 1. The second kappa shape index (κ2) is 7.52. The maximum atomic E-state index is 12.3. The minimum absolute atomic E-state index is 0.123. The number of hydrogen-bond acceptors (Lipinski definition) is 5. The van der Waals surface area contributed by atoms with Gasteiger partial charge >= 0.3 is 0 Å². The minimum Gasteiger partial charge on any atom is -0.393 e. The normalized spacial score (nSPS) is 22.1. The van der Waals surface area contributed by atoms with Gasteiger partial charge in [0.2, 0.25) is 5.91 Å². The quantitative estimate of drug-likeness (QED) is 0.617. The summed E-state index contributed by atoms with van der Waals surface area (Å²) in [5.74, 6) is -0.115. The minimum atomic E-state index is -0.515. The SMILES string of the molecule is CC(C(=O)Nc1ccccc1[N+](=O)[O-])N(C)CC1CCCC1O. The number of likely N-dealkylation sites (N-methyl/N-ethyl adjacent to an activating group) is 1. The van der Waals surface area contributed by atoms with E-state index in [1.165, 1.54) is 12.1 Å². The van der Waals surface area contributed by atoms with Crippen LogP contribution in [0.4, 0.5) is 11.4 Å². The molecular formula is C16H23N3O4. The summed E-state index contributed by atoms with van der Waals surface area (Å²) in [6, 6.07) is 5.64. The van der Waals surface area contributed by atoms with E-state index < -0.39 is 11.0 Å². The van der Waals surface area contributed by atoms with Crippen molar-refractivity contribution in [1.82, 2.24) is 4.90 Å². The van der Waals surface area contributed by atoms with Gasteiger partial charge in [-0.1, -0.05) is 18.6 Å². The Kier molecular flexibility index (Phi) is 5.68. The highest BCUT2D eigenvalue weighted by molar-refractivity contribution is 5.96. The Morgan fingerprint density at radius 3 is 2.78 bits per heavy atom. The molecule has 1 aliphatic rings. The summed E-state index contributed by atoms with van der Waals surface area (Å²) >= 11 is 0. The number of rotatable bonds is 6. The predicted molar refractivity (Wildman–Crippen MR) is 87.2 cm³/mol. The highest BCUT2D eigenvalue weighted by atomic mass is 16.6. The lowest BCUT2D eigenvalue weighted by molar-refractivity contribution is -0.383. The van der Waals surface area contributed by atoms with E-state index in [2.05, 4.69) is 5.32 Å². The molecule has 1 aromatic carbocycles. The van der Waals surface area contributed by atoms with Crippen LogP contribution in [0.1, 0.15) is 26.2 Å². The predicted octanol–water partition coefficient (Wildman–Crippen LogP) is 2.01. The zero-order valence-corrected chi connectivity index (χ0v) is 13.4. The Labute approximate surface area is 135 Å². The molecule has 0 spiro atoms. The van der Waals surface area contributed by atoms with Gasteiger partial charge in [0.1, 0.15) is 5.69 Å². The van der Waals surface area contributed by atoms with Gasteiger partial charge in [0.05, 0.1) is 17.1 Å². The van der Waals surface area contributed by atoms with E-state index in [0.29, 0.717) is 6.54 Å². The lowest BCUT2D eigenvalue weighted by Gasteiger charge is -2.27. The van der Waals surface area contributed by atoms with Gasteiger partial charge in [-0.25, -0.2) is 0 Å². The van der Waals surface area contributed by atoms with Crippen molar-refractivity contribution in [3.05, 3.63) is 34.4 Å². The maximum absolute atomic E-state index is 12.3. The number of nitro benzene ring substituents is 1. The highest BCUT2D eigenvalue weighted by Crippen LogP contribution is 2.27. The molecule has 1 aliphatic carbocycles. The maximum Gasteiger partial charge on any atom is 0.292 e. The molecule has 1 amide bonds. The molecule has 3 atom stereocenters. The lowest BCUT2D eigenvalue weighted by Crippen LogP contribution is -2.43. The van der Waals surface area contributed by atoms with E-state index in [9.17, 15) is 20.0 Å². The number of hydrogen-bond donors (Lipinski definition) is 2. The first-order valence-corrected chi connectivity index (χ1v) is 7.82. The van der Waals surface area contributed by atoms with E-state index in [-0.39, 0.29) is 29.3 Å². The van der Waals surface area contributed by atoms with E-state index in [0.717, 1.165) is 19.3 Å². The second-order valence-corrected chi connectivity index (χ2v) is 6.14. The molecule has 1 fully saturated rings. The summed E-state index contributed by atoms with van der Waals surface area (Å²) in [5, 5.41) is 23.5. The molecule has 0 aromatic heterocycles. The van der Waals surface area contributed by atoms with Crippen molar-refractivity contribution >= 4 is 17.3 Å². The van der Waals surface area contributed by atoms with Crippen molar-refractivity contribution in [2.24, 2.45) is 5.92 Å². The molecule has 0 radical (unpaired) electrons. The van der Waals surface area contributed by atoms with E-state index in [4.69, 9.17) is 0 Å². The molecule has 0 aliphatic heterocycles. The largest absolute Gasteiger partial charge is 0.393 e. The molecule has 7 heteroatoms. The fourth-order valence-electron chi connectivity index (χ4n) is 2.93. The van der Waals surface area contributed by atoms with E-state index in [1.54, 1.807) is 19.1 Å². The van der Waals surface area contributed by atoms with Gasteiger partial charge in [-0.2, -0.15) is 0 Å². The third-order valence-electron chi connectivity index (χ3n) is 4.54. The van der Waals surface area contributed by atoms with Crippen molar-refractivity contribution in [3.63, 3.8) is 0 Å². The van der Waals surface area contributed by atoms with Gasteiger partial charge in [0.25, 0.3) is 5.69 Å². The number of amides is 1. The number of aliphatic hydroxyl groups is 1. The number of anilines is 1. The van der Waals surface area contributed by atoms with Crippen molar-refractivity contribution in [2.45, 2.75) is 38.3 Å². The number of para-hydroxylation sites is 2. The summed E-state index contributed by atoms with van der Waals surface area (Å²) in [4.78, 5) is 24.7. The molecule has 126 valence electrons. The van der Waals surface area contributed by atoms with Crippen LogP contribution in [0.3, 0.4) is 0 Å². The summed E-state index contributed by atoms with van der Waals surface area (Å²) in [7, 11) is 1.83. The van der Waals surface area contributed by atoms with Crippen LogP contribution in [0.15, 0.2) is 24.3 Å². The van der Waals surface area contributed by atoms with Gasteiger partial charge in [0, 0.05) is 12.6 Å². The summed E-state index contributed by atoms with van der Waals surface area (Å²) < 4.78 is 0. The number of benzene rings is 1. The van der Waals surface area contributed by atoms with Crippen molar-refractivity contribution < 1.29 is 14.8 Å². The number of nitro groups is 1. The fourth-order valence-corrected chi connectivity index (χ4v) is 2.93. The number of carbonyl (C=O) groups is 1. The molecule has 3 unspecified atom stereocenters. The number of nitrogens with one attached hydrogen (secondary N) is 1. The van der Waals surface area contributed by atoms with Gasteiger partial charge in [-0.15, -0.1) is 0 Å². The molecular weight excluding hydrogens is 298 g/mol. The summed E-state index contributed by atoms with van der Waals surface area (Å²) in [6.07, 6.45) is 2.48. The first kappa shape index (κ1) is 17.4. The Morgan fingerprint density at radius 2 is 2.17 bits per heavy atom. The zero-order valence-electron chi connectivity index (χ0n) is 13.4. The average molecular weight is 321 g/mol. The third-order valence-corrected chi connectivity index (χ3v) is 4.54. The third kappa shape index (κ3) is 4.27. The highest BCUT2D eigenvalue weighted by Gasteiger charge is 2.29. The Bertz CT molecular complexity index is 578. The monoisotopic (exact) mass is 321 g/mol. The molecule has 0 bridgehead atoms. The molecule has 0 saturated heterocycles. The Hall–Kier alpha value is -1.99. The average Bonchev–Trinajstić information content (AvgIpc) is 2.91. The van der Waals surface area contributed by atoms with E-state index >= 15 is 0 Å². The van der Waals surface area contributed by atoms with Crippen LogP contribution in [0.2, 0.25) is 0 Å². The van der Waals surface area contributed by atoms with Crippen LogP contribution in [0, 0.1) is 16.0 Å². The van der Waals surface area contributed by atoms with Gasteiger partial charge in [-0.3, -0.25) is 19.8 Å². The van der Waals surface area contributed by atoms with Crippen LogP contribution < -0.4 is 5.32 Å². The molecule has 23 heavy (non-hydrogen) atoms. The molecule has 2 rings (SSSR count). The van der Waals surface area contributed by atoms with Gasteiger partial charge in [0.15, 0.2) is 0 Å². The first-order chi connectivity index (χ1) is 10.9. The van der Waals surface area contributed by atoms with Crippen molar-refractivity contribution in [3.8, 4) is 0 Å². The topological polar surface area (TPSA) is 95.7 Å².